The normalized spacial score (nSPS) is 24.9. The first-order valence-electron chi connectivity index (χ1n) is 6.65. The van der Waals surface area contributed by atoms with Gasteiger partial charge in [-0.3, -0.25) is 4.79 Å². The lowest BCUT2D eigenvalue weighted by Crippen LogP contribution is -2.55. The molecule has 1 atom stereocenters. The van der Waals surface area contributed by atoms with Gasteiger partial charge in [0.1, 0.15) is 5.41 Å². The summed E-state index contributed by atoms with van der Waals surface area (Å²) in [5.74, 6) is -0.133. The number of methoxy groups -OCH3 is 1. The van der Waals surface area contributed by atoms with Crippen LogP contribution in [0.4, 0.5) is 4.79 Å². The molecule has 0 spiro atoms. The van der Waals surface area contributed by atoms with Crippen molar-refractivity contribution in [2.45, 2.75) is 31.7 Å². The van der Waals surface area contributed by atoms with Crippen LogP contribution in [0.25, 0.3) is 0 Å². The van der Waals surface area contributed by atoms with Crippen molar-refractivity contribution in [3.8, 4) is 0 Å². The van der Waals surface area contributed by atoms with Crippen LogP contribution in [0.5, 0.6) is 0 Å². The summed E-state index contributed by atoms with van der Waals surface area (Å²) in [6, 6.07) is -0.115. The quantitative estimate of drug-likeness (QED) is 0.288. The molecule has 2 fully saturated rings. The first-order chi connectivity index (χ1) is 9.53. The standard InChI is InChI=1S/C12H20N4O4/c1-20-11(18)14-8-3-6-16(7-8)10(17)12(4-2-5-12)9(13)15-19/h8,19H,2-7H2,1H3,(H2,13,15)(H,14,18). The SMILES string of the molecule is COC(=O)NC1CCN(C(=O)C2(C(N)=NO)CCC2)C1. The van der Waals surface area contributed by atoms with Crippen molar-refractivity contribution in [3.05, 3.63) is 0 Å². The molecule has 2 rings (SSSR count). The van der Waals surface area contributed by atoms with E-state index in [0.717, 1.165) is 6.42 Å². The molecule has 4 N–H and O–H groups in total. The average Bonchev–Trinajstić information content (AvgIpc) is 2.85. The molecule has 0 aromatic heterocycles. The number of likely N-dealkylation sites (tertiary alicyclic amines) is 1. The number of oxime groups is 1. The minimum atomic E-state index is -0.852. The van der Waals surface area contributed by atoms with Crippen molar-refractivity contribution in [2.75, 3.05) is 20.2 Å². The number of amides is 2. The highest BCUT2D eigenvalue weighted by Gasteiger charge is 2.51. The summed E-state index contributed by atoms with van der Waals surface area (Å²) in [6.07, 6.45) is 2.27. The van der Waals surface area contributed by atoms with Crippen molar-refractivity contribution >= 4 is 17.8 Å². The number of nitrogens with one attached hydrogen (secondary N) is 1. The van der Waals surface area contributed by atoms with Crippen LogP contribution in [-0.4, -0.2) is 54.2 Å². The molecule has 1 unspecified atom stereocenters. The highest BCUT2D eigenvalue weighted by molar-refractivity contribution is 6.07. The lowest BCUT2D eigenvalue weighted by molar-refractivity contribution is -0.141. The highest BCUT2D eigenvalue weighted by atomic mass is 16.5. The summed E-state index contributed by atoms with van der Waals surface area (Å²) in [5.41, 5.74) is 4.83. The Bertz CT molecular complexity index is 433. The second kappa shape index (κ2) is 5.56. The molecule has 0 bridgehead atoms. The van der Waals surface area contributed by atoms with E-state index in [1.165, 1.54) is 7.11 Å². The van der Waals surface area contributed by atoms with Gasteiger partial charge in [-0.2, -0.15) is 0 Å². The van der Waals surface area contributed by atoms with Gasteiger partial charge in [-0.1, -0.05) is 11.6 Å². The second-order valence-corrected chi connectivity index (χ2v) is 5.29. The number of hydrogen-bond acceptors (Lipinski definition) is 5. The van der Waals surface area contributed by atoms with E-state index in [1.807, 2.05) is 0 Å². The Balaban J connectivity index is 1.99. The zero-order valence-electron chi connectivity index (χ0n) is 11.5. The predicted octanol–water partition coefficient (Wildman–Crippen LogP) is -0.140. The number of nitrogens with zero attached hydrogens (tertiary/aromatic N) is 2. The van der Waals surface area contributed by atoms with Crippen molar-refractivity contribution in [2.24, 2.45) is 16.3 Å². The van der Waals surface area contributed by atoms with Gasteiger partial charge in [0, 0.05) is 13.1 Å². The van der Waals surface area contributed by atoms with Gasteiger partial charge in [0.15, 0.2) is 5.84 Å². The first-order valence-corrected chi connectivity index (χ1v) is 6.65. The summed E-state index contributed by atoms with van der Waals surface area (Å²) in [6.45, 7) is 0.975. The van der Waals surface area contributed by atoms with Gasteiger partial charge in [0.05, 0.1) is 13.2 Å². The Kier molecular flexibility index (Phi) is 4.01. The average molecular weight is 284 g/mol. The molecule has 2 aliphatic rings. The van der Waals surface area contributed by atoms with E-state index in [9.17, 15) is 9.59 Å². The molecule has 0 aromatic rings. The second-order valence-electron chi connectivity index (χ2n) is 5.29. The topological polar surface area (TPSA) is 117 Å². The number of carbonyl (C=O) groups is 2. The van der Waals surface area contributed by atoms with Crippen LogP contribution in [0, 0.1) is 5.41 Å². The predicted molar refractivity (Wildman–Crippen MR) is 70.2 cm³/mol. The largest absolute Gasteiger partial charge is 0.453 e. The first kappa shape index (κ1) is 14.4. The molecule has 8 heteroatoms. The molecule has 1 aliphatic heterocycles. The number of nitrogens with two attached hydrogens (primary N) is 1. The lowest BCUT2D eigenvalue weighted by atomic mass is 9.67. The van der Waals surface area contributed by atoms with Crippen LogP contribution < -0.4 is 11.1 Å². The summed E-state index contributed by atoms with van der Waals surface area (Å²) < 4.78 is 4.54. The number of ether oxygens (including phenoxy) is 1. The van der Waals surface area contributed by atoms with E-state index in [1.54, 1.807) is 4.90 Å². The molecule has 2 amide bonds. The molecule has 1 saturated heterocycles. The maximum Gasteiger partial charge on any atom is 0.407 e. The lowest BCUT2D eigenvalue weighted by Gasteiger charge is -2.41. The fourth-order valence-corrected chi connectivity index (χ4v) is 2.80. The van der Waals surface area contributed by atoms with Gasteiger partial charge in [-0.25, -0.2) is 4.79 Å². The highest BCUT2D eigenvalue weighted by Crippen LogP contribution is 2.43. The molecule has 1 saturated carbocycles. The fraction of sp³-hybridized carbons (Fsp3) is 0.750. The third-order valence-electron chi connectivity index (χ3n) is 4.20. The van der Waals surface area contributed by atoms with Crippen LogP contribution in [0.15, 0.2) is 5.16 Å². The van der Waals surface area contributed by atoms with Crippen LogP contribution in [0.2, 0.25) is 0 Å². The van der Waals surface area contributed by atoms with E-state index in [4.69, 9.17) is 10.9 Å². The summed E-state index contributed by atoms with van der Waals surface area (Å²) in [7, 11) is 1.30. The molecular formula is C12H20N4O4. The van der Waals surface area contributed by atoms with Gasteiger partial charge in [-0.05, 0) is 19.3 Å². The fourth-order valence-electron chi connectivity index (χ4n) is 2.80. The third kappa shape index (κ3) is 2.37. The van der Waals surface area contributed by atoms with Gasteiger partial charge in [-0.15, -0.1) is 0 Å². The maximum atomic E-state index is 12.6. The molecular weight excluding hydrogens is 264 g/mol. The van der Waals surface area contributed by atoms with Crippen molar-refractivity contribution in [3.63, 3.8) is 0 Å². The Morgan fingerprint density at radius 3 is 2.70 bits per heavy atom. The summed E-state index contributed by atoms with van der Waals surface area (Å²) in [4.78, 5) is 25.4. The van der Waals surface area contributed by atoms with Crippen LogP contribution in [-0.2, 0) is 9.53 Å². The van der Waals surface area contributed by atoms with Gasteiger partial charge in [0.2, 0.25) is 5.91 Å². The van der Waals surface area contributed by atoms with Crippen molar-refractivity contribution in [1.82, 2.24) is 10.2 Å². The van der Waals surface area contributed by atoms with Gasteiger partial charge < -0.3 is 25.9 Å². The van der Waals surface area contributed by atoms with Crippen LogP contribution >= 0.6 is 0 Å². The van der Waals surface area contributed by atoms with Gasteiger partial charge in [0.25, 0.3) is 0 Å². The van der Waals surface area contributed by atoms with E-state index >= 15 is 0 Å². The smallest absolute Gasteiger partial charge is 0.407 e. The summed E-state index contributed by atoms with van der Waals surface area (Å²) >= 11 is 0. The van der Waals surface area contributed by atoms with Crippen LogP contribution in [0.1, 0.15) is 25.7 Å². The molecule has 0 radical (unpaired) electrons. The van der Waals surface area contributed by atoms with E-state index in [0.29, 0.717) is 32.4 Å². The van der Waals surface area contributed by atoms with Crippen molar-refractivity contribution in [1.29, 1.82) is 0 Å². The van der Waals surface area contributed by atoms with Crippen molar-refractivity contribution < 1.29 is 19.5 Å². The Labute approximate surface area is 116 Å². The van der Waals surface area contributed by atoms with Gasteiger partial charge >= 0.3 is 6.09 Å². The Hall–Kier alpha value is -1.99. The monoisotopic (exact) mass is 284 g/mol. The van der Waals surface area contributed by atoms with E-state index < -0.39 is 11.5 Å². The zero-order valence-corrected chi connectivity index (χ0v) is 11.5. The number of amidine groups is 1. The number of hydrogen-bond donors (Lipinski definition) is 3. The van der Waals surface area contributed by atoms with E-state index in [-0.39, 0.29) is 17.8 Å². The number of carbonyl (C=O) groups excluding carboxylic acids is 2. The van der Waals surface area contributed by atoms with Crippen LogP contribution in [0.3, 0.4) is 0 Å². The molecule has 1 heterocycles. The third-order valence-corrected chi connectivity index (χ3v) is 4.20. The molecule has 20 heavy (non-hydrogen) atoms. The van der Waals surface area contributed by atoms with E-state index in [2.05, 4.69) is 15.2 Å². The Morgan fingerprint density at radius 1 is 1.50 bits per heavy atom. The minimum absolute atomic E-state index is 0.0156. The molecule has 0 aromatic carbocycles. The molecule has 8 nitrogen and oxygen atoms in total. The summed E-state index contributed by atoms with van der Waals surface area (Å²) in [5, 5.41) is 14.5. The Morgan fingerprint density at radius 2 is 2.20 bits per heavy atom. The number of rotatable bonds is 3. The molecule has 1 aliphatic carbocycles. The maximum absolute atomic E-state index is 12.6. The molecule has 112 valence electrons. The number of alkyl carbamates (subject to hydrolysis) is 1. The zero-order chi connectivity index (χ0) is 14.8. The minimum Gasteiger partial charge on any atom is -0.453 e.